The van der Waals surface area contributed by atoms with Crippen LogP contribution in [0.4, 0.5) is 0 Å². The topological polar surface area (TPSA) is 272 Å². The van der Waals surface area contributed by atoms with Crippen molar-refractivity contribution in [2.24, 2.45) is 0 Å². The quantitative estimate of drug-likeness (QED) is 0.192. The summed E-state index contributed by atoms with van der Waals surface area (Å²) < 4.78 is 102. The summed E-state index contributed by atoms with van der Waals surface area (Å²) in [5.41, 5.74) is 0. The first-order valence-electron chi connectivity index (χ1n) is 2.00. The van der Waals surface area contributed by atoms with Crippen LogP contribution in [0.1, 0.15) is 0 Å². The van der Waals surface area contributed by atoms with E-state index in [1.54, 1.807) is 0 Å². The number of rotatable bonds is 0. The van der Waals surface area contributed by atoms with Gasteiger partial charge in [-0.1, -0.05) is 0 Å². The maximum absolute atomic E-state index is 8.52. The summed E-state index contributed by atoms with van der Waals surface area (Å²) in [6.07, 6.45) is 0. The molecular weight excluding hydrogens is 582 g/mol. The maximum Gasteiger partial charge on any atom is 3.00 e. The van der Waals surface area contributed by atoms with E-state index in [0.29, 0.717) is 0 Å². The van der Waals surface area contributed by atoms with Crippen molar-refractivity contribution in [2.45, 2.75) is 0 Å². The molecule has 0 amide bonds. The van der Waals surface area contributed by atoms with E-state index < -0.39 is 31.2 Å². The van der Waals surface area contributed by atoms with Gasteiger partial charge >= 0.3 is 71.2 Å². The van der Waals surface area contributed by atoms with Crippen molar-refractivity contribution < 1.29 is 129 Å². The molecule has 0 aliphatic carbocycles. The van der Waals surface area contributed by atoms with E-state index in [2.05, 4.69) is 0 Å². The molecule has 0 bridgehead atoms. The largest absolute Gasteiger partial charge is 3.00 e. The molecule has 0 aliphatic heterocycles. The summed E-state index contributed by atoms with van der Waals surface area (Å²) in [7, 11) is -15.5. The van der Waals surface area contributed by atoms with Gasteiger partial charge in [-0.05, 0) is 0 Å². The van der Waals surface area contributed by atoms with Crippen LogP contribution >= 0.6 is 0 Å². The zero-order chi connectivity index (χ0) is 13.5. The Balaban J connectivity index is -0.0000000277. The summed E-state index contributed by atoms with van der Waals surface area (Å²) in [6.45, 7) is 0. The first kappa shape index (κ1) is 36.8. The Hall–Kier alpha value is 1.96. The minimum Gasteiger partial charge on any atom is -0.759 e. The summed E-state index contributed by atoms with van der Waals surface area (Å²) >= 11 is 0. The normalized spacial score (nSPS) is 9.67. The second-order valence-electron chi connectivity index (χ2n) is 1.22. The van der Waals surface area contributed by atoms with Gasteiger partial charge in [-0.2, -0.15) is 0 Å². The molecule has 0 radical (unpaired) electrons. The molecule has 0 fully saturated rings. The van der Waals surface area contributed by atoms with Gasteiger partial charge in [0.1, 0.15) is 0 Å². The molecule has 0 spiro atoms. The van der Waals surface area contributed by atoms with Crippen LogP contribution < -0.4 is 0 Å². The van der Waals surface area contributed by atoms with Gasteiger partial charge in [0.25, 0.3) is 0 Å². The third kappa shape index (κ3) is 1350. The molecule has 0 saturated heterocycles. The van der Waals surface area contributed by atoms with Crippen LogP contribution in [0.15, 0.2) is 0 Å². The van der Waals surface area contributed by atoms with E-state index in [9.17, 15) is 0 Å². The fraction of sp³-hybridized carbons (Fsp3) is 0. The van der Waals surface area contributed by atoms with Gasteiger partial charge in [0.15, 0.2) is 0 Å². The molecule has 18 heteroatoms. The Bertz CT molecular complexity index is 341. The van der Waals surface area contributed by atoms with Crippen molar-refractivity contribution in [2.75, 3.05) is 0 Å². The van der Waals surface area contributed by atoms with E-state index in [1.165, 1.54) is 0 Å². The monoisotopic (exact) mass is 584 g/mol. The average molecular weight is 584 g/mol. The molecule has 0 aliphatic rings. The van der Waals surface area contributed by atoms with Crippen LogP contribution in [0.2, 0.25) is 0 Å². The first-order chi connectivity index (χ1) is 6.00. The molecule has 0 aromatic rings. The zero-order valence-corrected chi connectivity index (χ0v) is 17.5. The average Bonchev–Trinajstić information content (AvgIpc) is 1.41. The van der Waals surface area contributed by atoms with E-state index in [1.807, 2.05) is 0 Å². The molecule has 0 rings (SSSR count). The zero-order valence-electron chi connectivity index (χ0n) is 7.78. The Morgan fingerprint density at radius 2 is 0.444 bits per heavy atom. The van der Waals surface area contributed by atoms with Crippen molar-refractivity contribution in [1.82, 2.24) is 0 Å². The number of hydrogen-bond acceptors (Lipinski definition) is 12. The Labute approximate surface area is 158 Å². The molecule has 0 atom stereocenters. The molecule has 0 aromatic heterocycles. The van der Waals surface area contributed by atoms with Crippen molar-refractivity contribution >= 4 is 31.2 Å². The van der Waals surface area contributed by atoms with Gasteiger partial charge in [0.05, 0.1) is 0 Å². The molecule has 0 saturated carbocycles. The molecular formula is H2La2O13S3. The molecule has 13 nitrogen and oxygen atoms in total. The van der Waals surface area contributed by atoms with Gasteiger partial charge in [-0.25, -0.2) is 0 Å². The van der Waals surface area contributed by atoms with Crippen LogP contribution in [-0.2, 0) is 31.2 Å². The van der Waals surface area contributed by atoms with E-state index in [4.69, 9.17) is 52.6 Å². The Morgan fingerprint density at radius 3 is 0.444 bits per heavy atom. The fourth-order valence-corrected chi connectivity index (χ4v) is 0. The van der Waals surface area contributed by atoms with Gasteiger partial charge in [-0.15, -0.1) is 0 Å². The van der Waals surface area contributed by atoms with Crippen LogP contribution in [0.5, 0.6) is 0 Å². The van der Waals surface area contributed by atoms with Crippen LogP contribution in [-0.4, -0.2) is 58.0 Å². The standard InChI is InChI=1S/2La.3H2O4S.H2O/c;;3*1-5(2,3)4;/h;;3*(H2,1,2,3,4);1H2/q2*+3;;;;/p-6. The van der Waals surface area contributed by atoms with E-state index >= 15 is 0 Å². The molecule has 0 unspecified atom stereocenters. The SMILES string of the molecule is O.O=S(=O)([O-])[O-].O=S(=O)([O-])[O-].O=S(=O)([O-])[O-].[La+3].[La+3]. The first-order valence-corrected chi connectivity index (χ1v) is 6.00. The second-order valence-corrected chi connectivity index (χ2v) is 3.67. The van der Waals surface area contributed by atoms with Crippen molar-refractivity contribution in [3.63, 3.8) is 0 Å². The predicted molar refractivity (Wildman–Crippen MR) is 35.0 cm³/mol. The van der Waals surface area contributed by atoms with Gasteiger partial charge in [0.2, 0.25) is 0 Å². The third-order valence-corrected chi connectivity index (χ3v) is 0. The van der Waals surface area contributed by atoms with Gasteiger partial charge in [0, 0.05) is 31.2 Å². The molecule has 18 heavy (non-hydrogen) atoms. The summed E-state index contributed by atoms with van der Waals surface area (Å²) in [5, 5.41) is 0. The third-order valence-electron chi connectivity index (χ3n) is 0. The fourth-order valence-electron chi connectivity index (χ4n) is 0. The van der Waals surface area contributed by atoms with E-state index in [0.717, 1.165) is 0 Å². The molecule has 0 heterocycles. The Kier molecular flexibility index (Phi) is 31.4. The van der Waals surface area contributed by atoms with Crippen LogP contribution in [0, 0.1) is 71.2 Å². The minimum absolute atomic E-state index is 0. The van der Waals surface area contributed by atoms with Crippen molar-refractivity contribution in [1.29, 1.82) is 0 Å². The van der Waals surface area contributed by atoms with Crippen LogP contribution in [0.3, 0.4) is 0 Å². The predicted octanol–water partition coefficient (Wildman–Crippen LogP) is -4.84. The number of hydrogen-bond donors (Lipinski definition) is 0. The Morgan fingerprint density at radius 1 is 0.444 bits per heavy atom. The van der Waals surface area contributed by atoms with Gasteiger partial charge < -0.3 is 32.8 Å². The summed E-state index contributed by atoms with van der Waals surface area (Å²) in [5.74, 6) is 0. The minimum atomic E-state index is -5.17. The maximum atomic E-state index is 8.52. The molecule has 0 aromatic carbocycles. The van der Waals surface area contributed by atoms with Crippen molar-refractivity contribution in [3.8, 4) is 0 Å². The molecule has 104 valence electrons. The molecule has 2 N–H and O–H groups in total. The summed E-state index contributed by atoms with van der Waals surface area (Å²) in [4.78, 5) is 0. The second kappa shape index (κ2) is 15.4. The summed E-state index contributed by atoms with van der Waals surface area (Å²) in [6, 6.07) is 0. The van der Waals surface area contributed by atoms with Gasteiger partial charge in [-0.3, -0.25) is 25.3 Å². The van der Waals surface area contributed by atoms with Crippen LogP contribution in [0.25, 0.3) is 0 Å². The van der Waals surface area contributed by atoms with Crippen molar-refractivity contribution in [3.05, 3.63) is 0 Å². The van der Waals surface area contributed by atoms with E-state index in [-0.39, 0.29) is 76.7 Å². The smallest absolute Gasteiger partial charge is 0.759 e.